The number of nitrogens with one attached hydrogen (secondary N) is 3. The summed E-state index contributed by atoms with van der Waals surface area (Å²) in [6.07, 6.45) is -0.536. The molecular formula is C21H26F2N4O3. The van der Waals surface area contributed by atoms with Crippen LogP contribution in [0.25, 0.3) is 0 Å². The van der Waals surface area contributed by atoms with Gasteiger partial charge in [0.15, 0.2) is 5.96 Å². The maximum Gasteiger partial charge on any atom is 0.411 e. The molecule has 2 rings (SSSR count). The van der Waals surface area contributed by atoms with E-state index in [0.29, 0.717) is 30.3 Å². The van der Waals surface area contributed by atoms with Gasteiger partial charge in [-0.2, -0.15) is 8.78 Å². The molecule has 0 aromatic heterocycles. The van der Waals surface area contributed by atoms with E-state index < -0.39 is 12.7 Å². The molecule has 0 aliphatic heterocycles. The summed E-state index contributed by atoms with van der Waals surface area (Å²) in [6.45, 7) is 2.24. The molecule has 0 spiro atoms. The molecule has 0 atom stereocenters. The van der Waals surface area contributed by atoms with Gasteiger partial charge in [-0.1, -0.05) is 29.8 Å². The van der Waals surface area contributed by atoms with Crippen LogP contribution in [-0.2, 0) is 17.8 Å². The van der Waals surface area contributed by atoms with Crippen molar-refractivity contribution in [1.29, 1.82) is 0 Å². The maximum atomic E-state index is 12.6. The SMILES string of the molecule is CCNC(=NCc1ccc(NC(=O)OC)cc1)NCc1cc(C)ccc1OC(F)F. The number of rotatable bonds is 8. The lowest BCUT2D eigenvalue weighted by atomic mass is 10.1. The number of ether oxygens (including phenoxy) is 2. The smallest absolute Gasteiger partial charge is 0.411 e. The van der Waals surface area contributed by atoms with Crippen molar-refractivity contribution in [3.05, 3.63) is 59.2 Å². The Morgan fingerprint density at radius 2 is 1.87 bits per heavy atom. The van der Waals surface area contributed by atoms with Crippen LogP contribution < -0.4 is 20.7 Å². The summed E-state index contributed by atoms with van der Waals surface area (Å²) in [4.78, 5) is 15.7. The van der Waals surface area contributed by atoms with Crippen LogP contribution in [0, 0.1) is 6.92 Å². The highest BCUT2D eigenvalue weighted by Gasteiger charge is 2.10. The zero-order valence-corrected chi connectivity index (χ0v) is 17.2. The molecule has 7 nitrogen and oxygen atoms in total. The standard InChI is InChI=1S/C21H26F2N4O3/c1-4-24-20(25-12-15-6-8-17(9-7-15)27-21(28)29-3)26-13-16-11-14(2)5-10-18(16)30-19(22)23/h5-11,19H,4,12-13H2,1-3H3,(H,27,28)(H2,24,25,26). The van der Waals surface area contributed by atoms with Crippen LogP contribution in [0.3, 0.4) is 0 Å². The van der Waals surface area contributed by atoms with Gasteiger partial charge in [0.2, 0.25) is 0 Å². The zero-order valence-electron chi connectivity index (χ0n) is 17.2. The highest BCUT2D eigenvalue weighted by molar-refractivity contribution is 5.84. The monoisotopic (exact) mass is 420 g/mol. The highest BCUT2D eigenvalue weighted by Crippen LogP contribution is 2.22. The van der Waals surface area contributed by atoms with Gasteiger partial charge in [0, 0.05) is 24.3 Å². The maximum absolute atomic E-state index is 12.6. The number of methoxy groups -OCH3 is 1. The fraction of sp³-hybridized carbons (Fsp3) is 0.333. The van der Waals surface area contributed by atoms with E-state index in [0.717, 1.165) is 11.1 Å². The third-order valence-corrected chi connectivity index (χ3v) is 4.03. The van der Waals surface area contributed by atoms with Crippen LogP contribution in [0.4, 0.5) is 19.3 Å². The minimum Gasteiger partial charge on any atom is -0.453 e. The Hall–Kier alpha value is -3.36. The number of anilines is 1. The third-order valence-electron chi connectivity index (χ3n) is 4.03. The largest absolute Gasteiger partial charge is 0.453 e. The van der Waals surface area contributed by atoms with Crippen LogP contribution in [0.2, 0.25) is 0 Å². The van der Waals surface area contributed by atoms with Gasteiger partial charge in [-0.25, -0.2) is 9.79 Å². The van der Waals surface area contributed by atoms with Crippen molar-refractivity contribution in [1.82, 2.24) is 10.6 Å². The molecular weight excluding hydrogens is 394 g/mol. The first-order chi connectivity index (χ1) is 14.4. The summed E-state index contributed by atoms with van der Waals surface area (Å²) < 4.78 is 34.4. The Morgan fingerprint density at radius 1 is 1.13 bits per heavy atom. The van der Waals surface area contributed by atoms with Crippen molar-refractivity contribution in [2.75, 3.05) is 19.0 Å². The van der Waals surface area contributed by atoms with Crippen molar-refractivity contribution < 1.29 is 23.0 Å². The minimum absolute atomic E-state index is 0.132. The molecule has 0 unspecified atom stereocenters. The molecule has 0 heterocycles. The zero-order chi connectivity index (χ0) is 21.9. The number of aliphatic imine (C=N–C) groups is 1. The summed E-state index contributed by atoms with van der Waals surface area (Å²) in [6, 6.07) is 12.2. The fourth-order valence-electron chi connectivity index (χ4n) is 2.61. The molecule has 0 saturated heterocycles. The van der Waals surface area contributed by atoms with Gasteiger partial charge >= 0.3 is 12.7 Å². The molecule has 0 saturated carbocycles. The first-order valence-corrected chi connectivity index (χ1v) is 9.41. The van der Waals surface area contributed by atoms with Crippen molar-refractivity contribution in [2.45, 2.75) is 33.5 Å². The number of hydrogen-bond acceptors (Lipinski definition) is 4. The van der Waals surface area contributed by atoms with E-state index in [-0.39, 0.29) is 12.3 Å². The normalized spacial score (nSPS) is 11.2. The summed E-state index contributed by atoms with van der Waals surface area (Å²) in [5, 5.41) is 8.83. The first kappa shape index (κ1) is 22.9. The summed E-state index contributed by atoms with van der Waals surface area (Å²) >= 11 is 0. The molecule has 0 radical (unpaired) electrons. The van der Waals surface area contributed by atoms with Crippen LogP contribution in [0.5, 0.6) is 5.75 Å². The van der Waals surface area contributed by atoms with Crippen molar-refractivity contribution in [3.8, 4) is 5.75 Å². The molecule has 30 heavy (non-hydrogen) atoms. The number of carbonyl (C=O) groups is 1. The molecule has 0 bridgehead atoms. The van der Waals surface area contributed by atoms with E-state index in [1.807, 2.05) is 26.0 Å². The molecule has 0 aliphatic carbocycles. The van der Waals surface area contributed by atoms with Crippen LogP contribution in [0.15, 0.2) is 47.5 Å². The Morgan fingerprint density at radius 3 is 2.50 bits per heavy atom. The molecule has 3 N–H and O–H groups in total. The predicted octanol–water partition coefficient (Wildman–Crippen LogP) is 4.03. The van der Waals surface area contributed by atoms with Crippen LogP contribution in [-0.4, -0.2) is 32.3 Å². The molecule has 9 heteroatoms. The Bertz CT molecular complexity index is 858. The van der Waals surface area contributed by atoms with E-state index in [9.17, 15) is 13.6 Å². The van der Waals surface area contributed by atoms with E-state index in [1.165, 1.54) is 13.2 Å². The van der Waals surface area contributed by atoms with E-state index in [2.05, 4.69) is 30.4 Å². The van der Waals surface area contributed by atoms with Gasteiger partial charge in [-0.15, -0.1) is 0 Å². The molecule has 0 fully saturated rings. The molecule has 2 aromatic rings. The first-order valence-electron chi connectivity index (χ1n) is 9.41. The summed E-state index contributed by atoms with van der Waals surface area (Å²) in [7, 11) is 1.30. The second-order valence-electron chi connectivity index (χ2n) is 6.35. The molecule has 0 aliphatic rings. The third kappa shape index (κ3) is 7.57. The van der Waals surface area contributed by atoms with Crippen LogP contribution >= 0.6 is 0 Å². The van der Waals surface area contributed by atoms with Gasteiger partial charge in [-0.05, 0) is 37.6 Å². The molecule has 2 aromatic carbocycles. The Balaban J connectivity index is 2.03. The number of hydrogen-bond donors (Lipinski definition) is 3. The number of aryl methyl sites for hydroxylation is 1. The fourth-order valence-corrected chi connectivity index (χ4v) is 2.61. The number of benzene rings is 2. The van der Waals surface area contributed by atoms with E-state index in [1.54, 1.807) is 24.3 Å². The predicted molar refractivity (Wildman–Crippen MR) is 112 cm³/mol. The number of halogens is 2. The second kappa shape index (κ2) is 11.6. The number of carbonyl (C=O) groups excluding carboxylic acids is 1. The number of alkyl halides is 2. The molecule has 162 valence electrons. The number of amides is 1. The Kier molecular flexibility index (Phi) is 8.86. The van der Waals surface area contributed by atoms with Gasteiger partial charge in [0.05, 0.1) is 13.7 Å². The lowest BCUT2D eigenvalue weighted by molar-refractivity contribution is -0.0504. The van der Waals surface area contributed by atoms with Gasteiger partial charge in [0.1, 0.15) is 5.75 Å². The van der Waals surface area contributed by atoms with Crippen molar-refractivity contribution >= 4 is 17.7 Å². The quantitative estimate of drug-likeness (QED) is 0.444. The number of guanidine groups is 1. The van der Waals surface area contributed by atoms with Gasteiger partial charge in [0.25, 0.3) is 0 Å². The number of nitrogens with zero attached hydrogens (tertiary/aromatic N) is 1. The lowest BCUT2D eigenvalue weighted by Crippen LogP contribution is -2.36. The highest BCUT2D eigenvalue weighted by atomic mass is 19.3. The Labute approximate surface area is 174 Å². The van der Waals surface area contributed by atoms with Gasteiger partial charge in [-0.3, -0.25) is 5.32 Å². The van der Waals surface area contributed by atoms with E-state index >= 15 is 0 Å². The lowest BCUT2D eigenvalue weighted by Gasteiger charge is -2.15. The second-order valence-corrected chi connectivity index (χ2v) is 6.35. The topological polar surface area (TPSA) is 84.0 Å². The van der Waals surface area contributed by atoms with E-state index in [4.69, 9.17) is 0 Å². The summed E-state index contributed by atoms with van der Waals surface area (Å²) in [5.41, 5.74) is 3.10. The van der Waals surface area contributed by atoms with Gasteiger partial charge < -0.3 is 20.1 Å². The van der Waals surface area contributed by atoms with Crippen molar-refractivity contribution in [3.63, 3.8) is 0 Å². The van der Waals surface area contributed by atoms with Crippen LogP contribution in [0.1, 0.15) is 23.6 Å². The average molecular weight is 420 g/mol. The van der Waals surface area contributed by atoms with Crippen molar-refractivity contribution in [2.24, 2.45) is 4.99 Å². The summed E-state index contributed by atoms with van der Waals surface area (Å²) in [5.74, 6) is 0.673. The minimum atomic E-state index is -2.88. The molecule has 1 amide bonds. The average Bonchev–Trinajstić information content (AvgIpc) is 2.72.